The highest BCUT2D eigenvalue weighted by molar-refractivity contribution is 5.97. The van der Waals surface area contributed by atoms with E-state index >= 15 is 0 Å². The molecule has 0 radical (unpaired) electrons. The predicted molar refractivity (Wildman–Crippen MR) is 80.8 cm³/mol. The number of rotatable bonds is 2. The average Bonchev–Trinajstić information content (AvgIpc) is 3.19. The van der Waals surface area contributed by atoms with Crippen molar-refractivity contribution in [1.82, 2.24) is 0 Å². The second-order valence-corrected chi connectivity index (χ2v) is 6.47. The summed E-state index contributed by atoms with van der Waals surface area (Å²) in [5, 5.41) is 0. The molecule has 1 aromatic rings. The van der Waals surface area contributed by atoms with E-state index in [1.165, 1.54) is 40.8 Å². The normalized spacial score (nSPS) is 25.2. The van der Waals surface area contributed by atoms with Crippen LogP contribution in [0.25, 0.3) is 5.57 Å². The molecule has 20 heavy (non-hydrogen) atoms. The van der Waals surface area contributed by atoms with Gasteiger partial charge in [-0.2, -0.15) is 0 Å². The van der Waals surface area contributed by atoms with Crippen LogP contribution in [-0.4, -0.2) is 11.5 Å². The molecule has 0 bridgehead atoms. The third-order valence-corrected chi connectivity index (χ3v) is 4.87. The lowest BCUT2D eigenvalue weighted by molar-refractivity contribution is -0.123. The van der Waals surface area contributed by atoms with Crippen molar-refractivity contribution in [2.45, 2.75) is 39.0 Å². The van der Waals surface area contributed by atoms with Crippen LogP contribution in [-0.2, 0) is 17.6 Å². The van der Waals surface area contributed by atoms with E-state index < -0.39 is 0 Å². The quantitative estimate of drug-likeness (QED) is 0.803. The number of fused-ring (bicyclic) bond motifs is 1. The summed E-state index contributed by atoms with van der Waals surface area (Å²) in [6.07, 6.45) is 7.06. The highest BCUT2D eigenvalue weighted by Gasteiger charge is 2.38. The van der Waals surface area contributed by atoms with Crippen LogP contribution in [0.3, 0.4) is 0 Å². The van der Waals surface area contributed by atoms with Crippen LogP contribution in [0.15, 0.2) is 29.4 Å². The molecule has 3 aliphatic rings. The first-order valence-electron chi connectivity index (χ1n) is 7.58. The minimum absolute atomic E-state index is 0.299. The number of Topliss-reactive ketones (excluding diaryl/α,β-unsaturated/α-hetero) is 1. The van der Waals surface area contributed by atoms with Gasteiger partial charge in [0.2, 0.25) is 0 Å². The number of allylic oxidation sites excluding steroid dienone is 1. The van der Waals surface area contributed by atoms with E-state index in [9.17, 15) is 4.79 Å². The Morgan fingerprint density at radius 3 is 2.70 bits per heavy atom. The summed E-state index contributed by atoms with van der Waals surface area (Å²) >= 11 is 0. The third kappa shape index (κ3) is 2.04. The van der Waals surface area contributed by atoms with Crippen LogP contribution in [0.2, 0.25) is 0 Å². The van der Waals surface area contributed by atoms with Crippen LogP contribution < -0.4 is 0 Å². The Morgan fingerprint density at radius 2 is 2.00 bits per heavy atom. The number of carbonyl (C=O) groups is 1. The monoisotopic (exact) mass is 265 g/mol. The zero-order valence-electron chi connectivity index (χ0n) is 11.9. The van der Waals surface area contributed by atoms with E-state index in [0.717, 1.165) is 12.8 Å². The number of carbonyl (C=O) groups excluding carboxylic acids is 1. The number of benzene rings is 1. The van der Waals surface area contributed by atoms with Crippen LogP contribution in [0.4, 0.5) is 0 Å². The molecule has 1 saturated carbocycles. The minimum Gasteiger partial charge on any atom is -0.299 e. The van der Waals surface area contributed by atoms with Crippen molar-refractivity contribution in [2.75, 3.05) is 0 Å². The number of aliphatic imine (C=N–C) groups is 1. The van der Waals surface area contributed by atoms with Crippen molar-refractivity contribution in [3.63, 3.8) is 0 Å². The minimum atomic E-state index is 0.299. The van der Waals surface area contributed by atoms with Crippen molar-refractivity contribution in [2.24, 2.45) is 16.8 Å². The number of nitrogens with zero attached hydrogens (tertiary/aromatic N) is 1. The summed E-state index contributed by atoms with van der Waals surface area (Å²) in [4.78, 5) is 16.6. The van der Waals surface area contributed by atoms with E-state index in [1.807, 2.05) is 6.20 Å². The fourth-order valence-electron chi connectivity index (χ4n) is 3.52. The maximum absolute atomic E-state index is 12.2. The highest BCUT2D eigenvalue weighted by atomic mass is 16.1. The molecule has 0 saturated heterocycles. The van der Waals surface area contributed by atoms with Gasteiger partial charge in [-0.15, -0.1) is 0 Å². The van der Waals surface area contributed by atoms with Crippen molar-refractivity contribution in [3.05, 3.63) is 41.1 Å². The number of hydrogen-bond donors (Lipinski definition) is 0. The van der Waals surface area contributed by atoms with Gasteiger partial charge < -0.3 is 0 Å². The summed E-state index contributed by atoms with van der Waals surface area (Å²) in [7, 11) is 0. The molecule has 1 atom stereocenters. The Kier molecular flexibility index (Phi) is 2.66. The summed E-state index contributed by atoms with van der Waals surface area (Å²) in [5.41, 5.74) is 6.42. The summed E-state index contributed by atoms with van der Waals surface area (Å²) in [6.45, 7) is 2.07. The maximum Gasteiger partial charge on any atom is 0.140 e. The van der Waals surface area contributed by atoms with Crippen LogP contribution in [0, 0.1) is 11.8 Å². The summed E-state index contributed by atoms with van der Waals surface area (Å²) in [6, 6.07) is 6.61. The maximum atomic E-state index is 12.2. The second kappa shape index (κ2) is 4.41. The molecule has 2 aliphatic carbocycles. The van der Waals surface area contributed by atoms with E-state index in [1.54, 1.807) is 0 Å². The number of hydrogen-bond acceptors (Lipinski definition) is 2. The summed E-state index contributed by atoms with van der Waals surface area (Å²) in [5.74, 6) is 1.44. The molecule has 1 aliphatic heterocycles. The Labute approximate surface area is 119 Å². The molecule has 2 heteroatoms. The molecule has 102 valence electrons. The Hall–Kier alpha value is -1.70. The van der Waals surface area contributed by atoms with Gasteiger partial charge in [-0.3, -0.25) is 9.79 Å². The van der Waals surface area contributed by atoms with Gasteiger partial charge in [0, 0.05) is 30.7 Å². The topological polar surface area (TPSA) is 29.4 Å². The van der Waals surface area contributed by atoms with Crippen LogP contribution in [0.5, 0.6) is 0 Å². The van der Waals surface area contributed by atoms with Gasteiger partial charge >= 0.3 is 0 Å². The average molecular weight is 265 g/mol. The SMILES string of the molecule is CC1=NC=C(c2ccc3c(c2)CC(C2CC2)C(=O)C3)C1. The molecule has 0 aromatic heterocycles. The molecule has 2 nitrogen and oxygen atoms in total. The standard InChI is InChI=1S/C18H19NO/c1-11-6-16(10-19-11)13-4-5-14-9-18(20)17(12-2-3-12)8-15(14)7-13/h4-5,7,10,12,17H,2-3,6,8-9H2,1H3. The molecular formula is C18H19NO. The van der Waals surface area contributed by atoms with Gasteiger partial charge in [-0.25, -0.2) is 0 Å². The van der Waals surface area contributed by atoms with E-state index in [-0.39, 0.29) is 0 Å². The van der Waals surface area contributed by atoms with Gasteiger partial charge in [0.25, 0.3) is 0 Å². The molecule has 0 amide bonds. The van der Waals surface area contributed by atoms with Gasteiger partial charge in [0.15, 0.2) is 0 Å². The smallest absolute Gasteiger partial charge is 0.140 e. The summed E-state index contributed by atoms with van der Waals surface area (Å²) < 4.78 is 0. The zero-order valence-corrected chi connectivity index (χ0v) is 11.9. The molecule has 1 heterocycles. The van der Waals surface area contributed by atoms with Crippen molar-refractivity contribution in [1.29, 1.82) is 0 Å². The highest BCUT2D eigenvalue weighted by Crippen LogP contribution is 2.42. The van der Waals surface area contributed by atoms with Gasteiger partial charge in [0.1, 0.15) is 5.78 Å². The Morgan fingerprint density at radius 1 is 1.15 bits per heavy atom. The molecule has 1 fully saturated rings. The van der Waals surface area contributed by atoms with E-state index in [4.69, 9.17) is 0 Å². The first-order valence-corrected chi connectivity index (χ1v) is 7.58. The lowest BCUT2D eigenvalue weighted by Crippen LogP contribution is -2.27. The lowest BCUT2D eigenvalue weighted by atomic mass is 9.79. The fourth-order valence-corrected chi connectivity index (χ4v) is 3.52. The third-order valence-electron chi connectivity index (χ3n) is 4.87. The molecule has 4 rings (SSSR count). The Bertz CT molecular complexity index is 649. The number of ketones is 1. The first-order chi connectivity index (χ1) is 9.70. The zero-order chi connectivity index (χ0) is 13.7. The second-order valence-electron chi connectivity index (χ2n) is 6.47. The first kappa shape index (κ1) is 12.1. The molecule has 0 N–H and O–H groups in total. The van der Waals surface area contributed by atoms with E-state index in [2.05, 4.69) is 30.1 Å². The lowest BCUT2D eigenvalue weighted by Gasteiger charge is -2.24. The van der Waals surface area contributed by atoms with Gasteiger partial charge in [-0.05, 0) is 54.4 Å². The van der Waals surface area contributed by atoms with Crippen molar-refractivity contribution >= 4 is 17.1 Å². The van der Waals surface area contributed by atoms with Crippen LogP contribution >= 0.6 is 0 Å². The molecule has 0 spiro atoms. The van der Waals surface area contributed by atoms with Crippen LogP contribution in [0.1, 0.15) is 42.9 Å². The van der Waals surface area contributed by atoms with Gasteiger partial charge in [-0.1, -0.05) is 18.2 Å². The Balaban J connectivity index is 1.64. The van der Waals surface area contributed by atoms with Crippen molar-refractivity contribution < 1.29 is 4.79 Å². The van der Waals surface area contributed by atoms with E-state index in [0.29, 0.717) is 24.0 Å². The molecule has 1 unspecified atom stereocenters. The largest absolute Gasteiger partial charge is 0.299 e. The fraction of sp³-hybridized carbons (Fsp3) is 0.444. The van der Waals surface area contributed by atoms with Gasteiger partial charge in [0.05, 0.1) is 0 Å². The molecule has 1 aromatic carbocycles. The van der Waals surface area contributed by atoms with Crippen molar-refractivity contribution in [3.8, 4) is 0 Å². The predicted octanol–water partition coefficient (Wildman–Crippen LogP) is 3.59. The molecular weight excluding hydrogens is 246 g/mol.